The lowest BCUT2D eigenvalue weighted by molar-refractivity contribution is -0.156. The van der Waals surface area contributed by atoms with Crippen molar-refractivity contribution in [2.45, 2.75) is 38.0 Å². The van der Waals surface area contributed by atoms with E-state index < -0.39 is 17.3 Å². The first-order valence-electron chi connectivity index (χ1n) is 5.38. The third-order valence-electron chi connectivity index (χ3n) is 3.67. The maximum absolute atomic E-state index is 13.4. The molecule has 82 valence electrons. The van der Waals surface area contributed by atoms with Crippen molar-refractivity contribution in [1.82, 2.24) is 0 Å². The lowest BCUT2D eigenvalue weighted by Gasteiger charge is -2.46. The van der Waals surface area contributed by atoms with Gasteiger partial charge in [-0.15, -0.1) is 0 Å². The van der Waals surface area contributed by atoms with Crippen molar-refractivity contribution in [3.8, 4) is 0 Å². The first-order chi connectivity index (χ1) is 6.94. The monoisotopic (exact) mass is 210 g/mol. The molecule has 1 atom stereocenters. The highest BCUT2D eigenvalue weighted by atomic mass is 19.3. The van der Waals surface area contributed by atoms with Crippen LogP contribution >= 0.6 is 0 Å². The molecule has 0 aromatic heterocycles. The van der Waals surface area contributed by atoms with E-state index in [1.807, 2.05) is 44.2 Å². The molecule has 2 heteroatoms. The fourth-order valence-corrected chi connectivity index (χ4v) is 2.46. The van der Waals surface area contributed by atoms with Crippen LogP contribution in [-0.2, 0) is 5.41 Å². The molecule has 2 rings (SSSR count). The Bertz CT molecular complexity index is 341. The molecule has 1 aliphatic rings. The summed E-state index contributed by atoms with van der Waals surface area (Å²) >= 11 is 0. The third-order valence-corrected chi connectivity index (χ3v) is 3.67. The largest absolute Gasteiger partial charge is 0.251 e. The predicted octanol–water partition coefficient (Wildman–Crippen LogP) is 4.01. The molecule has 1 aliphatic carbocycles. The van der Waals surface area contributed by atoms with Gasteiger partial charge in [0.15, 0.2) is 0 Å². The maximum atomic E-state index is 13.4. The van der Waals surface area contributed by atoms with Gasteiger partial charge < -0.3 is 0 Å². The van der Waals surface area contributed by atoms with Crippen molar-refractivity contribution in [1.29, 1.82) is 0 Å². The van der Waals surface area contributed by atoms with Gasteiger partial charge in [0.05, 0.1) is 0 Å². The molecule has 1 fully saturated rings. The quantitative estimate of drug-likeness (QED) is 0.691. The molecule has 1 aromatic carbocycles. The molecule has 0 heterocycles. The summed E-state index contributed by atoms with van der Waals surface area (Å²) in [5.74, 6) is -2.98. The van der Waals surface area contributed by atoms with Crippen molar-refractivity contribution < 1.29 is 8.78 Å². The SMILES string of the molecule is CC(C)(c1ccccc1)C1CCC1(F)F. The van der Waals surface area contributed by atoms with E-state index in [1.165, 1.54) is 0 Å². The second-order valence-corrected chi connectivity index (χ2v) is 4.94. The van der Waals surface area contributed by atoms with Gasteiger partial charge in [0, 0.05) is 12.3 Å². The van der Waals surface area contributed by atoms with Crippen molar-refractivity contribution in [2.24, 2.45) is 5.92 Å². The number of alkyl halides is 2. The molecule has 0 aliphatic heterocycles. The Hall–Kier alpha value is -0.920. The van der Waals surface area contributed by atoms with Gasteiger partial charge in [0.1, 0.15) is 0 Å². The summed E-state index contributed by atoms with van der Waals surface area (Å²) in [6.45, 7) is 3.83. The molecule has 1 aromatic rings. The number of hydrogen-bond donors (Lipinski definition) is 0. The van der Waals surface area contributed by atoms with Gasteiger partial charge in [-0.05, 0) is 17.4 Å². The molecular formula is C13H16F2. The minimum Gasteiger partial charge on any atom is -0.207 e. The lowest BCUT2D eigenvalue weighted by atomic mass is 9.62. The fraction of sp³-hybridized carbons (Fsp3) is 0.538. The summed E-state index contributed by atoms with van der Waals surface area (Å²) in [7, 11) is 0. The Morgan fingerprint density at radius 1 is 1.20 bits per heavy atom. The van der Waals surface area contributed by atoms with E-state index in [0.29, 0.717) is 6.42 Å². The van der Waals surface area contributed by atoms with E-state index >= 15 is 0 Å². The molecule has 0 N–H and O–H groups in total. The highest BCUT2D eigenvalue weighted by Gasteiger charge is 2.55. The highest BCUT2D eigenvalue weighted by Crippen LogP contribution is 2.53. The minimum absolute atomic E-state index is 0.0495. The number of hydrogen-bond acceptors (Lipinski definition) is 0. The highest BCUT2D eigenvalue weighted by molar-refractivity contribution is 5.26. The van der Waals surface area contributed by atoms with Crippen LogP contribution in [0, 0.1) is 5.92 Å². The summed E-state index contributed by atoms with van der Waals surface area (Å²) in [6, 6.07) is 9.61. The zero-order chi connectivity index (χ0) is 11.1. The van der Waals surface area contributed by atoms with Gasteiger partial charge in [-0.3, -0.25) is 0 Å². The van der Waals surface area contributed by atoms with Crippen LogP contribution in [-0.4, -0.2) is 5.92 Å². The van der Waals surface area contributed by atoms with Gasteiger partial charge in [0.2, 0.25) is 0 Å². The molecule has 15 heavy (non-hydrogen) atoms. The molecule has 0 bridgehead atoms. The third kappa shape index (κ3) is 1.66. The molecule has 0 amide bonds. The smallest absolute Gasteiger partial charge is 0.207 e. The fourth-order valence-electron chi connectivity index (χ4n) is 2.46. The molecule has 0 radical (unpaired) electrons. The van der Waals surface area contributed by atoms with Crippen molar-refractivity contribution in [3.63, 3.8) is 0 Å². The van der Waals surface area contributed by atoms with Gasteiger partial charge in [-0.2, -0.15) is 0 Å². The second kappa shape index (κ2) is 3.29. The predicted molar refractivity (Wildman–Crippen MR) is 57.1 cm³/mol. The topological polar surface area (TPSA) is 0 Å². The molecule has 1 unspecified atom stereocenters. The molecular weight excluding hydrogens is 194 g/mol. The molecule has 0 spiro atoms. The Kier molecular flexibility index (Phi) is 2.32. The summed E-state index contributed by atoms with van der Waals surface area (Å²) < 4.78 is 26.8. The summed E-state index contributed by atoms with van der Waals surface area (Å²) in [5, 5.41) is 0. The zero-order valence-electron chi connectivity index (χ0n) is 9.13. The molecule has 0 nitrogen and oxygen atoms in total. The van der Waals surface area contributed by atoms with Crippen LogP contribution in [0.25, 0.3) is 0 Å². The van der Waals surface area contributed by atoms with Crippen LogP contribution in [0.3, 0.4) is 0 Å². The van der Waals surface area contributed by atoms with E-state index in [1.54, 1.807) is 0 Å². The number of rotatable bonds is 2. The van der Waals surface area contributed by atoms with Crippen LogP contribution in [0.5, 0.6) is 0 Å². The Balaban J connectivity index is 2.28. The number of benzene rings is 1. The van der Waals surface area contributed by atoms with Crippen molar-refractivity contribution in [2.75, 3.05) is 0 Å². The van der Waals surface area contributed by atoms with Gasteiger partial charge in [-0.1, -0.05) is 44.2 Å². The standard InChI is InChI=1S/C13H16F2/c1-12(2,10-6-4-3-5-7-10)11-8-9-13(11,14)15/h3-7,11H,8-9H2,1-2H3. The molecule has 0 saturated heterocycles. The second-order valence-electron chi connectivity index (χ2n) is 4.94. The maximum Gasteiger partial charge on any atom is 0.251 e. The Morgan fingerprint density at radius 2 is 1.80 bits per heavy atom. The van der Waals surface area contributed by atoms with Crippen LogP contribution in [0.1, 0.15) is 32.3 Å². The van der Waals surface area contributed by atoms with Crippen LogP contribution < -0.4 is 0 Å². The van der Waals surface area contributed by atoms with Gasteiger partial charge in [0.25, 0.3) is 5.92 Å². The van der Waals surface area contributed by atoms with E-state index in [0.717, 1.165) is 5.56 Å². The van der Waals surface area contributed by atoms with E-state index in [2.05, 4.69) is 0 Å². The lowest BCUT2D eigenvalue weighted by Crippen LogP contribution is -2.49. The normalized spacial score (nSPS) is 24.7. The Labute approximate surface area is 89.3 Å². The molecule has 1 saturated carbocycles. The van der Waals surface area contributed by atoms with E-state index in [9.17, 15) is 8.78 Å². The Morgan fingerprint density at radius 3 is 2.20 bits per heavy atom. The van der Waals surface area contributed by atoms with Crippen LogP contribution in [0.4, 0.5) is 8.78 Å². The van der Waals surface area contributed by atoms with E-state index in [-0.39, 0.29) is 6.42 Å². The average Bonchev–Trinajstić information content (AvgIpc) is 2.17. The average molecular weight is 210 g/mol. The number of halogens is 2. The van der Waals surface area contributed by atoms with Crippen LogP contribution in [0.15, 0.2) is 30.3 Å². The van der Waals surface area contributed by atoms with Crippen molar-refractivity contribution >= 4 is 0 Å². The van der Waals surface area contributed by atoms with Gasteiger partial charge >= 0.3 is 0 Å². The van der Waals surface area contributed by atoms with E-state index in [4.69, 9.17) is 0 Å². The van der Waals surface area contributed by atoms with Crippen molar-refractivity contribution in [3.05, 3.63) is 35.9 Å². The van der Waals surface area contributed by atoms with Crippen LogP contribution in [0.2, 0.25) is 0 Å². The summed E-state index contributed by atoms with van der Waals surface area (Å²) in [6.07, 6.45) is 0.683. The summed E-state index contributed by atoms with van der Waals surface area (Å²) in [4.78, 5) is 0. The minimum atomic E-state index is -2.47. The first kappa shape index (κ1) is 10.6. The first-order valence-corrected chi connectivity index (χ1v) is 5.38. The zero-order valence-corrected chi connectivity index (χ0v) is 9.13. The van der Waals surface area contributed by atoms with Gasteiger partial charge in [-0.25, -0.2) is 8.78 Å². The summed E-state index contributed by atoms with van der Waals surface area (Å²) in [5.41, 5.74) is 0.581.